The molecule has 0 unspecified atom stereocenters. The SMILES string of the molecule is c1ccc(-c2ccc(-c3nc(-c4ccc5ccccc5c4)nc(-c4ccc5ccc6c7cnccc7oc6c5c4)n3)cc2)cc1. The number of hydrogen-bond acceptors (Lipinski definition) is 5. The minimum atomic E-state index is 0.604. The summed E-state index contributed by atoms with van der Waals surface area (Å²) >= 11 is 0. The third-order valence-corrected chi connectivity index (χ3v) is 8.41. The molecule has 0 saturated carbocycles. The molecule has 0 fully saturated rings. The topological polar surface area (TPSA) is 64.7 Å². The van der Waals surface area contributed by atoms with Crippen molar-refractivity contribution in [1.29, 1.82) is 0 Å². The third-order valence-electron chi connectivity index (χ3n) is 8.41. The summed E-state index contributed by atoms with van der Waals surface area (Å²) < 4.78 is 6.34. The highest BCUT2D eigenvalue weighted by Crippen LogP contribution is 2.36. The Morgan fingerprint density at radius 2 is 1.00 bits per heavy atom. The van der Waals surface area contributed by atoms with Crippen LogP contribution in [0.5, 0.6) is 0 Å². The molecule has 0 radical (unpaired) electrons. The van der Waals surface area contributed by atoms with Crippen LogP contribution in [0.1, 0.15) is 0 Å². The first-order valence-corrected chi connectivity index (χ1v) is 14.9. The molecule has 3 heterocycles. The van der Waals surface area contributed by atoms with Gasteiger partial charge in [-0.2, -0.15) is 0 Å². The zero-order valence-corrected chi connectivity index (χ0v) is 24.1. The van der Waals surface area contributed by atoms with Gasteiger partial charge in [0, 0.05) is 45.2 Å². The van der Waals surface area contributed by atoms with E-state index in [1.54, 1.807) is 6.20 Å². The molecule has 0 spiro atoms. The monoisotopic (exact) mass is 576 g/mol. The van der Waals surface area contributed by atoms with Crippen LogP contribution in [0.4, 0.5) is 0 Å². The maximum atomic E-state index is 6.34. The minimum absolute atomic E-state index is 0.604. The molecule has 0 saturated heterocycles. The number of furan rings is 1. The van der Waals surface area contributed by atoms with Crippen molar-refractivity contribution in [2.45, 2.75) is 0 Å². The zero-order chi connectivity index (χ0) is 29.7. The van der Waals surface area contributed by atoms with Gasteiger partial charge in [-0.3, -0.25) is 4.98 Å². The Kier molecular flexibility index (Phi) is 5.74. The van der Waals surface area contributed by atoms with Gasteiger partial charge >= 0.3 is 0 Å². The van der Waals surface area contributed by atoms with Gasteiger partial charge in [-0.15, -0.1) is 0 Å². The van der Waals surface area contributed by atoms with E-state index in [9.17, 15) is 0 Å². The zero-order valence-electron chi connectivity index (χ0n) is 24.1. The second-order valence-corrected chi connectivity index (χ2v) is 11.2. The van der Waals surface area contributed by atoms with Crippen molar-refractivity contribution < 1.29 is 4.42 Å². The van der Waals surface area contributed by atoms with Crippen molar-refractivity contribution in [2.24, 2.45) is 0 Å². The lowest BCUT2D eigenvalue weighted by Gasteiger charge is -2.10. The van der Waals surface area contributed by atoms with Crippen molar-refractivity contribution >= 4 is 43.5 Å². The summed E-state index contributed by atoms with van der Waals surface area (Å²) in [6.45, 7) is 0. The molecule has 0 bridgehead atoms. The van der Waals surface area contributed by atoms with Crippen molar-refractivity contribution in [2.75, 3.05) is 0 Å². The molecule has 5 nitrogen and oxygen atoms in total. The van der Waals surface area contributed by atoms with Gasteiger partial charge in [0.1, 0.15) is 11.2 Å². The number of nitrogens with zero attached hydrogens (tertiary/aromatic N) is 4. The first-order valence-electron chi connectivity index (χ1n) is 14.9. The molecule has 6 aromatic carbocycles. The Hall–Kier alpha value is -6.20. The van der Waals surface area contributed by atoms with E-state index in [1.165, 1.54) is 10.9 Å². The van der Waals surface area contributed by atoms with Crippen molar-refractivity contribution in [3.05, 3.63) is 146 Å². The Bertz CT molecular complexity index is 2540. The lowest BCUT2D eigenvalue weighted by Crippen LogP contribution is -2.00. The van der Waals surface area contributed by atoms with Crippen LogP contribution in [-0.2, 0) is 0 Å². The molecule has 210 valence electrons. The first kappa shape index (κ1) is 25.3. The lowest BCUT2D eigenvalue weighted by molar-refractivity contribution is 0.672. The van der Waals surface area contributed by atoms with Crippen LogP contribution in [0.15, 0.2) is 150 Å². The minimum Gasteiger partial charge on any atom is -0.455 e. The molecule has 9 rings (SSSR count). The number of aromatic nitrogens is 4. The van der Waals surface area contributed by atoms with E-state index in [0.717, 1.165) is 60.4 Å². The fourth-order valence-corrected chi connectivity index (χ4v) is 6.07. The summed E-state index contributed by atoms with van der Waals surface area (Å²) in [5, 5.41) is 6.43. The van der Waals surface area contributed by atoms with E-state index < -0.39 is 0 Å². The fraction of sp³-hybridized carbons (Fsp3) is 0. The van der Waals surface area contributed by atoms with Crippen LogP contribution in [0.2, 0.25) is 0 Å². The third kappa shape index (κ3) is 4.41. The predicted molar refractivity (Wildman–Crippen MR) is 182 cm³/mol. The molecule has 0 amide bonds. The van der Waals surface area contributed by atoms with Crippen LogP contribution < -0.4 is 0 Å². The molecule has 45 heavy (non-hydrogen) atoms. The van der Waals surface area contributed by atoms with Crippen molar-refractivity contribution in [3.8, 4) is 45.3 Å². The van der Waals surface area contributed by atoms with E-state index in [4.69, 9.17) is 19.4 Å². The largest absolute Gasteiger partial charge is 0.455 e. The van der Waals surface area contributed by atoms with Gasteiger partial charge in [-0.1, -0.05) is 109 Å². The molecule has 0 atom stereocenters. The highest BCUT2D eigenvalue weighted by molar-refractivity contribution is 6.15. The summed E-state index contributed by atoms with van der Waals surface area (Å²) in [7, 11) is 0. The predicted octanol–water partition coefficient (Wildman–Crippen LogP) is 10.1. The molecule has 3 aromatic heterocycles. The van der Waals surface area contributed by atoms with E-state index >= 15 is 0 Å². The van der Waals surface area contributed by atoms with Gasteiger partial charge in [0.25, 0.3) is 0 Å². The summed E-state index contributed by atoms with van der Waals surface area (Å²) in [6.07, 6.45) is 3.61. The van der Waals surface area contributed by atoms with E-state index in [2.05, 4.69) is 126 Å². The fourth-order valence-electron chi connectivity index (χ4n) is 6.07. The van der Waals surface area contributed by atoms with Gasteiger partial charge in [0.2, 0.25) is 0 Å². The molecular weight excluding hydrogens is 552 g/mol. The van der Waals surface area contributed by atoms with Crippen molar-refractivity contribution in [1.82, 2.24) is 19.9 Å². The van der Waals surface area contributed by atoms with Crippen LogP contribution in [-0.4, -0.2) is 19.9 Å². The van der Waals surface area contributed by atoms with E-state index in [1.807, 2.05) is 18.3 Å². The first-order chi connectivity index (χ1) is 22.3. The number of pyridine rings is 1. The summed E-state index contributed by atoms with van der Waals surface area (Å²) in [4.78, 5) is 19.4. The van der Waals surface area contributed by atoms with Gasteiger partial charge in [0.15, 0.2) is 17.5 Å². The second kappa shape index (κ2) is 10.2. The van der Waals surface area contributed by atoms with E-state index in [0.29, 0.717) is 17.5 Å². The molecule has 0 aliphatic heterocycles. The average Bonchev–Trinajstić information content (AvgIpc) is 3.51. The number of benzene rings is 6. The Morgan fingerprint density at radius 1 is 0.400 bits per heavy atom. The smallest absolute Gasteiger partial charge is 0.164 e. The molecule has 5 heteroatoms. The summed E-state index contributed by atoms with van der Waals surface area (Å²) in [5.74, 6) is 1.85. The molecule has 0 N–H and O–H groups in total. The highest BCUT2D eigenvalue weighted by Gasteiger charge is 2.16. The lowest BCUT2D eigenvalue weighted by atomic mass is 10.0. The van der Waals surface area contributed by atoms with Crippen LogP contribution >= 0.6 is 0 Å². The maximum Gasteiger partial charge on any atom is 0.164 e. The van der Waals surface area contributed by atoms with E-state index in [-0.39, 0.29) is 0 Å². The van der Waals surface area contributed by atoms with Crippen LogP contribution in [0.3, 0.4) is 0 Å². The van der Waals surface area contributed by atoms with Crippen molar-refractivity contribution in [3.63, 3.8) is 0 Å². The molecular formula is C40H24N4O. The number of fused-ring (bicyclic) bond motifs is 6. The Labute approximate surface area is 258 Å². The highest BCUT2D eigenvalue weighted by atomic mass is 16.3. The van der Waals surface area contributed by atoms with Gasteiger partial charge in [0.05, 0.1) is 0 Å². The molecule has 0 aliphatic carbocycles. The molecule has 0 aliphatic rings. The van der Waals surface area contributed by atoms with Crippen LogP contribution in [0.25, 0.3) is 88.8 Å². The maximum absolute atomic E-state index is 6.34. The Morgan fingerprint density at radius 3 is 1.80 bits per heavy atom. The van der Waals surface area contributed by atoms with Gasteiger partial charge < -0.3 is 4.42 Å². The quantitative estimate of drug-likeness (QED) is 0.209. The summed E-state index contributed by atoms with van der Waals surface area (Å²) in [5.41, 5.74) is 6.71. The summed E-state index contributed by atoms with van der Waals surface area (Å²) in [6, 6.07) is 45.8. The number of rotatable bonds is 4. The molecule has 9 aromatic rings. The standard InChI is InChI=1S/C40H24N4O/c1-2-6-25(7-3-1)27-10-14-29(15-11-27)38-42-39(31-16-12-26-8-4-5-9-30(26)22-31)44-40(43-38)32-17-13-28-18-19-33-35-24-41-21-20-36(35)45-37(33)34(28)23-32/h1-24H. The second-order valence-electron chi connectivity index (χ2n) is 11.2. The van der Waals surface area contributed by atoms with Crippen LogP contribution in [0, 0.1) is 0 Å². The van der Waals surface area contributed by atoms with Gasteiger partial charge in [-0.05, 0) is 51.6 Å². The average molecular weight is 577 g/mol. The number of hydrogen-bond donors (Lipinski definition) is 0. The Balaban J connectivity index is 1.23. The normalized spacial score (nSPS) is 11.6. The van der Waals surface area contributed by atoms with Gasteiger partial charge in [-0.25, -0.2) is 15.0 Å².